The number of hydrogen-bond acceptors (Lipinski definition) is 4. The summed E-state index contributed by atoms with van der Waals surface area (Å²) in [6.07, 6.45) is 0.960. The van der Waals surface area contributed by atoms with Crippen LogP contribution in [0.15, 0.2) is 36.7 Å². The predicted octanol–water partition coefficient (Wildman–Crippen LogP) is 2.51. The van der Waals surface area contributed by atoms with Crippen LogP contribution in [0.5, 0.6) is 5.75 Å². The number of hydrogen-bond donors (Lipinski definition) is 2. The lowest BCUT2D eigenvalue weighted by atomic mass is 9.72. The highest BCUT2D eigenvalue weighted by atomic mass is 16.5. The Balaban J connectivity index is 2.33. The van der Waals surface area contributed by atoms with Crippen LogP contribution in [-0.4, -0.2) is 26.4 Å². The number of ether oxygens (including phenoxy) is 1. The lowest BCUT2D eigenvalue weighted by Crippen LogP contribution is -2.51. The molecule has 0 aliphatic heterocycles. The van der Waals surface area contributed by atoms with Crippen molar-refractivity contribution in [3.05, 3.63) is 42.5 Å². The van der Waals surface area contributed by atoms with Gasteiger partial charge in [0, 0.05) is 5.41 Å². The Hall–Kier alpha value is -1.88. The van der Waals surface area contributed by atoms with E-state index in [1.54, 1.807) is 0 Å². The summed E-state index contributed by atoms with van der Waals surface area (Å²) in [5, 5.41) is 17.9. The molecule has 20 heavy (non-hydrogen) atoms. The summed E-state index contributed by atoms with van der Waals surface area (Å²) >= 11 is 0. The molecule has 0 aliphatic rings. The minimum Gasteiger partial charge on any atom is -0.487 e. The maximum absolute atomic E-state index is 11.2. The fourth-order valence-electron chi connectivity index (χ4n) is 2.31. The molecule has 2 N–H and O–H groups in total. The molecule has 0 spiro atoms. The Labute approximate surface area is 119 Å². The second-order valence-corrected chi connectivity index (χ2v) is 5.91. The van der Waals surface area contributed by atoms with Gasteiger partial charge in [-0.3, -0.25) is 5.10 Å². The largest absolute Gasteiger partial charge is 0.487 e. The van der Waals surface area contributed by atoms with Gasteiger partial charge in [0.15, 0.2) is 11.4 Å². The van der Waals surface area contributed by atoms with E-state index in [-0.39, 0.29) is 0 Å². The predicted molar refractivity (Wildman–Crippen MR) is 76.3 cm³/mol. The molecule has 5 nitrogen and oxygen atoms in total. The lowest BCUT2D eigenvalue weighted by Gasteiger charge is -2.42. The summed E-state index contributed by atoms with van der Waals surface area (Å²) in [6, 6.07) is 9.42. The van der Waals surface area contributed by atoms with E-state index in [0.29, 0.717) is 11.6 Å². The number of para-hydroxylation sites is 1. The van der Waals surface area contributed by atoms with Gasteiger partial charge >= 0.3 is 0 Å². The van der Waals surface area contributed by atoms with E-state index in [2.05, 4.69) is 15.2 Å². The van der Waals surface area contributed by atoms with E-state index in [1.165, 1.54) is 6.33 Å². The topological polar surface area (TPSA) is 71.0 Å². The van der Waals surface area contributed by atoms with Gasteiger partial charge in [0.25, 0.3) is 0 Å². The van der Waals surface area contributed by atoms with Gasteiger partial charge in [0.2, 0.25) is 0 Å². The van der Waals surface area contributed by atoms with Gasteiger partial charge in [0.05, 0.1) is 0 Å². The van der Waals surface area contributed by atoms with Crippen LogP contribution in [0.3, 0.4) is 0 Å². The molecule has 2 aromatic rings. The number of aliphatic hydroxyl groups is 1. The number of rotatable bonds is 4. The molecule has 2 rings (SSSR count). The molecule has 0 fully saturated rings. The molecule has 0 amide bonds. The first-order valence-electron chi connectivity index (χ1n) is 6.66. The molecule has 2 unspecified atom stereocenters. The number of aromatic amines is 1. The van der Waals surface area contributed by atoms with E-state index >= 15 is 0 Å². The molecule has 0 aliphatic carbocycles. The smallest absolute Gasteiger partial charge is 0.186 e. The van der Waals surface area contributed by atoms with Gasteiger partial charge in [-0.15, -0.1) is 0 Å². The van der Waals surface area contributed by atoms with Gasteiger partial charge in [-0.2, -0.15) is 5.10 Å². The van der Waals surface area contributed by atoms with Gasteiger partial charge in [-0.05, 0) is 19.1 Å². The van der Waals surface area contributed by atoms with E-state index in [4.69, 9.17) is 4.74 Å². The monoisotopic (exact) mass is 275 g/mol. The number of nitrogens with one attached hydrogen (secondary N) is 1. The van der Waals surface area contributed by atoms with Crippen LogP contribution in [0, 0.1) is 5.41 Å². The first-order chi connectivity index (χ1) is 9.35. The molecule has 0 radical (unpaired) electrons. The third kappa shape index (κ3) is 2.54. The molecule has 0 saturated heterocycles. The minimum atomic E-state index is -1.30. The average Bonchev–Trinajstić information content (AvgIpc) is 2.91. The highest BCUT2D eigenvalue weighted by molar-refractivity contribution is 5.22. The Morgan fingerprint density at radius 2 is 1.85 bits per heavy atom. The number of nitrogens with zero attached hydrogens (tertiary/aromatic N) is 2. The third-order valence-electron chi connectivity index (χ3n) is 3.54. The third-order valence-corrected chi connectivity index (χ3v) is 3.54. The molecule has 5 heteroatoms. The summed E-state index contributed by atoms with van der Waals surface area (Å²) in [5.41, 5.74) is -1.79. The summed E-state index contributed by atoms with van der Waals surface area (Å²) in [5.74, 6) is 1.05. The first-order valence-corrected chi connectivity index (χ1v) is 6.66. The number of aromatic nitrogens is 3. The first kappa shape index (κ1) is 14.5. The van der Waals surface area contributed by atoms with Crippen molar-refractivity contribution < 1.29 is 9.84 Å². The number of H-pyrrole nitrogens is 1. The Morgan fingerprint density at radius 1 is 1.20 bits per heavy atom. The van der Waals surface area contributed by atoms with E-state index < -0.39 is 17.1 Å². The Bertz CT molecular complexity index is 534. The minimum absolute atomic E-state index is 0.341. The van der Waals surface area contributed by atoms with Crippen molar-refractivity contribution in [3.63, 3.8) is 0 Å². The van der Waals surface area contributed by atoms with E-state index in [1.807, 2.05) is 58.0 Å². The fraction of sp³-hybridized carbons (Fsp3) is 0.467. The molecule has 1 aromatic heterocycles. The van der Waals surface area contributed by atoms with Crippen molar-refractivity contribution in [1.29, 1.82) is 0 Å². The summed E-state index contributed by atoms with van der Waals surface area (Å²) in [6.45, 7) is 7.64. The highest BCUT2D eigenvalue weighted by Crippen LogP contribution is 2.41. The summed E-state index contributed by atoms with van der Waals surface area (Å²) < 4.78 is 5.89. The number of benzene rings is 1. The molecule has 0 bridgehead atoms. The zero-order valence-electron chi connectivity index (χ0n) is 12.3. The van der Waals surface area contributed by atoms with Gasteiger partial charge in [-0.1, -0.05) is 39.0 Å². The standard InChI is InChI=1S/C15H21N3O2/c1-11(20-12-8-6-5-7-9-12)15(19,14(2,3)4)13-16-10-17-18-13/h5-11,19H,1-4H3,(H,16,17,18). The Kier molecular flexibility index (Phi) is 3.81. The highest BCUT2D eigenvalue weighted by Gasteiger charge is 2.50. The van der Waals surface area contributed by atoms with E-state index in [0.717, 1.165) is 0 Å². The molecule has 1 aromatic carbocycles. The van der Waals surface area contributed by atoms with Gasteiger partial charge in [-0.25, -0.2) is 4.98 Å². The van der Waals surface area contributed by atoms with E-state index in [9.17, 15) is 5.11 Å². The quantitative estimate of drug-likeness (QED) is 0.899. The van der Waals surface area contributed by atoms with Crippen molar-refractivity contribution in [2.24, 2.45) is 5.41 Å². The van der Waals surface area contributed by atoms with Crippen molar-refractivity contribution in [3.8, 4) is 5.75 Å². The van der Waals surface area contributed by atoms with Crippen LogP contribution in [-0.2, 0) is 5.60 Å². The molecule has 2 atom stereocenters. The molecular formula is C15H21N3O2. The maximum atomic E-state index is 11.2. The van der Waals surface area contributed by atoms with Crippen LogP contribution in [0.2, 0.25) is 0 Å². The normalized spacial score (nSPS) is 16.4. The van der Waals surface area contributed by atoms with Crippen LogP contribution >= 0.6 is 0 Å². The average molecular weight is 275 g/mol. The van der Waals surface area contributed by atoms with Crippen molar-refractivity contribution in [1.82, 2.24) is 15.2 Å². The zero-order chi connectivity index (χ0) is 14.8. The second kappa shape index (κ2) is 5.25. The van der Waals surface area contributed by atoms with Crippen LogP contribution in [0.4, 0.5) is 0 Å². The lowest BCUT2D eigenvalue weighted by molar-refractivity contribution is -0.139. The van der Waals surface area contributed by atoms with Crippen LogP contribution in [0.1, 0.15) is 33.5 Å². The Morgan fingerprint density at radius 3 is 2.35 bits per heavy atom. The molecule has 0 saturated carbocycles. The second-order valence-electron chi connectivity index (χ2n) is 5.91. The molecule has 108 valence electrons. The van der Waals surface area contributed by atoms with Crippen LogP contribution in [0.25, 0.3) is 0 Å². The fourth-order valence-corrected chi connectivity index (χ4v) is 2.31. The zero-order valence-corrected chi connectivity index (χ0v) is 12.3. The molecular weight excluding hydrogens is 254 g/mol. The summed E-state index contributed by atoms with van der Waals surface area (Å²) in [4.78, 5) is 4.12. The van der Waals surface area contributed by atoms with Gasteiger partial charge < -0.3 is 9.84 Å². The maximum Gasteiger partial charge on any atom is 0.186 e. The van der Waals surface area contributed by atoms with Crippen molar-refractivity contribution in [2.75, 3.05) is 0 Å². The summed E-state index contributed by atoms with van der Waals surface area (Å²) in [7, 11) is 0. The van der Waals surface area contributed by atoms with Crippen LogP contribution < -0.4 is 4.74 Å². The SMILES string of the molecule is CC(Oc1ccccc1)C(O)(c1nc[nH]n1)C(C)(C)C. The molecule has 1 heterocycles. The van der Waals surface area contributed by atoms with Crippen molar-refractivity contribution in [2.45, 2.75) is 39.4 Å². The van der Waals surface area contributed by atoms with Gasteiger partial charge in [0.1, 0.15) is 18.2 Å². The van der Waals surface area contributed by atoms with Crippen molar-refractivity contribution >= 4 is 0 Å².